The number of amides is 1. The van der Waals surface area contributed by atoms with Crippen LogP contribution < -0.4 is 14.8 Å². The van der Waals surface area contributed by atoms with Crippen LogP contribution in [-0.2, 0) is 16.6 Å². The molecule has 7 nitrogen and oxygen atoms in total. The highest BCUT2D eigenvalue weighted by Gasteiger charge is 2.16. The van der Waals surface area contributed by atoms with Gasteiger partial charge in [-0.25, -0.2) is 17.5 Å². The lowest BCUT2D eigenvalue weighted by atomic mass is 10.2. The zero-order chi connectivity index (χ0) is 20.9. The van der Waals surface area contributed by atoms with Gasteiger partial charge < -0.3 is 14.5 Å². The van der Waals surface area contributed by atoms with Gasteiger partial charge in [0.15, 0.2) is 11.6 Å². The Morgan fingerprint density at radius 1 is 1.14 bits per heavy atom. The lowest BCUT2D eigenvalue weighted by Crippen LogP contribution is -2.23. The van der Waals surface area contributed by atoms with E-state index < -0.39 is 21.7 Å². The molecule has 0 fully saturated rings. The standard InChI is InChI=1S/C20H19FN2O5S/c1-2-27-19-10-7-15(12-18(19)21)23-20(24)14-5-8-17(9-6-14)29(25,26)22-13-16-4-3-11-28-16/h3-12,22H,2,13H2,1H3,(H,23,24). The first-order chi connectivity index (χ1) is 13.9. The summed E-state index contributed by atoms with van der Waals surface area (Å²) in [7, 11) is -3.76. The van der Waals surface area contributed by atoms with Gasteiger partial charge in [-0.05, 0) is 55.5 Å². The van der Waals surface area contributed by atoms with Crippen LogP contribution in [0.5, 0.6) is 5.75 Å². The average Bonchev–Trinajstić information content (AvgIpc) is 3.22. The summed E-state index contributed by atoms with van der Waals surface area (Å²) in [5.74, 6) is -0.510. The molecule has 0 aliphatic carbocycles. The number of hydrogen-bond acceptors (Lipinski definition) is 5. The predicted molar refractivity (Wildman–Crippen MR) is 105 cm³/mol. The molecule has 0 spiro atoms. The van der Waals surface area contributed by atoms with Crippen molar-refractivity contribution in [1.82, 2.24) is 4.72 Å². The third kappa shape index (κ3) is 5.21. The summed E-state index contributed by atoms with van der Waals surface area (Å²) in [6.45, 7) is 2.08. The summed E-state index contributed by atoms with van der Waals surface area (Å²) >= 11 is 0. The molecular formula is C20H19FN2O5S. The van der Waals surface area contributed by atoms with E-state index in [1.807, 2.05) is 0 Å². The molecule has 152 valence electrons. The molecule has 0 radical (unpaired) electrons. The molecule has 0 saturated heterocycles. The van der Waals surface area contributed by atoms with Gasteiger partial charge in [0.2, 0.25) is 10.0 Å². The molecule has 9 heteroatoms. The van der Waals surface area contributed by atoms with Gasteiger partial charge in [0.25, 0.3) is 5.91 Å². The Bertz CT molecular complexity index is 1080. The van der Waals surface area contributed by atoms with Crippen LogP contribution in [0, 0.1) is 5.82 Å². The molecule has 3 rings (SSSR count). The van der Waals surface area contributed by atoms with Crippen molar-refractivity contribution in [2.24, 2.45) is 0 Å². The molecule has 1 heterocycles. The zero-order valence-corrected chi connectivity index (χ0v) is 16.3. The number of furan rings is 1. The van der Waals surface area contributed by atoms with Gasteiger partial charge in [0.1, 0.15) is 5.76 Å². The summed E-state index contributed by atoms with van der Waals surface area (Å²) in [5.41, 5.74) is 0.483. The number of carbonyl (C=O) groups is 1. The van der Waals surface area contributed by atoms with Crippen molar-refractivity contribution in [3.05, 3.63) is 78.0 Å². The average molecular weight is 418 g/mol. The topological polar surface area (TPSA) is 97.6 Å². The normalized spacial score (nSPS) is 11.2. The summed E-state index contributed by atoms with van der Waals surface area (Å²) in [6, 6.07) is 12.8. The lowest BCUT2D eigenvalue weighted by Gasteiger charge is -2.09. The van der Waals surface area contributed by atoms with Crippen molar-refractivity contribution < 1.29 is 26.8 Å². The number of nitrogens with one attached hydrogen (secondary N) is 2. The fourth-order valence-corrected chi connectivity index (χ4v) is 3.50. The van der Waals surface area contributed by atoms with Gasteiger partial charge in [0.05, 0.1) is 24.3 Å². The van der Waals surface area contributed by atoms with Gasteiger partial charge in [-0.2, -0.15) is 0 Å². The Labute approximate surface area is 167 Å². The Morgan fingerprint density at radius 2 is 1.90 bits per heavy atom. The molecule has 0 bridgehead atoms. The predicted octanol–water partition coefficient (Wildman–Crippen LogP) is 3.55. The third-order valence-corrected chi connectivity index (χ3v) is 5.35. The highest BCUT2D eigenvalue weighted by atomic mass is 32.2. The molecule has 2 N–H and O–H groups in total. The van der Waals surface area contributed by atoms with Crippen LogP contribution >= 0.6 is 0 Å². The molecule has 0 aliphatic heterocycles. The fraction of sp³-hybridized carbons (Fsp3) is 0.150. The molecule has 0 unspecified atom stereocenters. The van der Waals surface area contributed by atoms with Crippen molar-refractivity contribution in [1.29, 1.82) is 0 Å². The minimum absolute atomic E-state index is 0.00715. The van der Waals surface area contributed by atoms with Crippen molar-refractivity contribution >= 4 is 21.6 Å². The van der Waals surface area contributed by atoms with Crippen LogP contribution in [0.3, 0.4) is 0 Å². The maximum Gasteiger partial charge on any atom is 0.255 e. The van der Waals surface area contributed by atoms with Gasteiger partial charge in [0, 0.05) is 17.3 Å². The third-order valence-electron chi connectivity index (χ3n) is 3.93. The maximum atomic E-state index is 13.9. The van der Waals surface area contributed by atoms with E-state index in [4.69, 9.17) is 9.15 Å². The van der Waals surface area contributed by atoms with Crippen molar-refractivity contribution in [2.45, 2.75) is 18.4 Å². The molecule has 2 aromatic carbocycles. The number of ether oxygens (including phenoxy) is 1. The molecule has 0 saturated carbocycles. The van der Waals surface area contributed by atoms with E-state index in [2.05, 4.69) is 10.0 Å². The highest BCUT2D eigenvalue weighted by Crippen LogP contribution is 2.22. The molecule has 0 atom stereocenters. The van der Waals surface area contributed by atoms with Crippen LogP contribution in [0.2, 0.25) is 0 Å². The Morgan fingerprint density at radius 3 is 2.52 bits per heavy atom. The van der Waals surface area contributed by atoms with Crippen LogP contribution in [0.25, 0.3) is 0 Å². The van der Waals surface area contributed by atoms with Crippen molar-refractivity contribution in [3.63, 3.8) is 0 Å². The maximum absolute atomic E-state index is 13.9. The number of hydrogen-bond donors (Lipinski definition) is 2. The van der Waals surface area contributed by atoms with Crippen LogP contribution in [0.15, 0.2) is 70.2 Å². The molecule has 1 aromatic heterocycles. The largest absolute Gasteiger partial charge is 0.491 e. The first-order valence-electron chi connectivity index (χ1n) is 8.75. The molecular weight excluding hydrogens is 399 g/mol. The van der Waals surface area contributed by atoms with Gasteiger partial charge >= 0.3 is 0 Å². The van der Waals surface area contributed by atoms with E-state index in [9.17, 15) is 17.6 Å². The zero-order valence-electron chi connectivity index (χ0n) is 15.5. The second-order valence-corrected chi connectivity index (χ2v) is 7.73. The second kappa shape index (κ2) is 8.89. The van der Waals surface area contributed by atoms with E-state index in [-0.39, 0.29) is 28.4 Å². The van der Waals surface area contributed by atoms with E-state index >= 15 is 0 Å². The smallest absolute Gasteiger partial charge is 0.255 e. The van der Waals surface area contributed by atoms with Gasteiger partial charge in [-0.15, -0.1) is 0 Å². The first-order valence-corrected chi connectivity index (χ1v) is 10.2. The number of halogens is 1. The summed E-state index contributed by atoms with van der Waals surface area (Å²) in [4.78, 5) is 12.3. The molecule has 29 heavy (non-hydrogen) atoms. The minimum Gasteiger partial charge on any atom is -0.491 e. The summed E-state index contributed by atoms with van der Waals surface area (Å²) in [5, 5.41) is 2.56. The van der Waals surface area contributed by atoms with Crippen LogP contribution in [0.1, 0.15) is 23.0 Å². The highest BCUT2D eigenvalue weighted by molar-refractivity contribution is 7.89. The lowest BCUT2D eigenvalue weighted by molar-refractivity contribution is 0.102. The monoisotopic (exact) mass is 418 g/mol. The van der Waals surface area contributed by atoms with Gasteiger partial charge in [-0.3, -0.25) is 4.79 Å². The Hall–Kier alpha value is -3.17. The van der Waals surface area contributed by atoms with Gasteiger partial charge in [-0.1, -0.05) is 0 Å². The van der Waals surface area contributed by atoms with Crippen molar-refractivity contribution in [3.8, 4) is 5.75 Å². The van der Waals surface area contributed by atoms with E-state index in [0.29, 0.717) is 12.4 Å². The van der Waals surface area contributed by atoms with E-state index in [1.54, 1.807) is 19.1 Å². The van der Waals surface area contributed by atoms with E-state index in [0.717, 1.165) is 6.07 Å². The molecule has 0 aliphatic rings. The molecule has 3 aromatic rings. The quantitative estimate of drug-likeness (QED) is 0.583. The van der Waals surface area contributed by atoms with E-state index in [1.165, 1.54) is 42.7 Å². The first kappa shape index (κ1) is 20.6. The number of anilines is 1. The molecule has 1 amide bonds. The SMILES string of the molecule is CCOc1ccc(NC(=O)c2ccc(S(=O)(=O)NCc3ccco3)cc2)cc1F. The minimum atomic E-state index is -3.76. The Kier molecular flexibility index (Phi) is 6.30. The second-order valence-electron chi connectivity index (χ2n) is 5.96. The number of carbonyl (C=O) groups excluding carboxylic acids is 1. The fourth-order valence-electron chi connectivity index (χ4n) is 2.50. The van der Waals surface area contributed by atoms with Crippen molar-refractivity contribution in [2.75, 3.05) is 11.9 Å². The number of rotatable bonds is 8. The number of sulfonamides is 1. The Balaban J connectivity index is 1.66. The summed E-state index contributed by atoms with van der Waals surface area (Å²) < 4.78 is 51.1. The number of benzene rings is 2. The van der Waals surface area contributed by atoms with Crippen LogP contribution in [-0.4, -0.2) is 20.9 Å². The summed E-state index contributed by atoms with van der Waals surface area (Å²) in [6.07, 6.45) is 1.45. The van der Waals surface area contributed by atoms with Crippen LogP contribution in [0.4, 0.5) is 10.1 Å².